The number of nitrogens with one attached hydrogen (secondary N) is 1. The first-order chi connectivity index (χ1) is 8.13. The summed E-state index contributed by atoms with van der Waals surface area (Å²) in [6.07, 6.45) is 0. The summed E-state index contributed by atoms with van der Waals surface area (Å²) in [6.45, 7) is 2.25. The van der Waals surface area contributed by atoms with Crippen molar-refractivity contribution in [2.24, 2.45) is 0 Å². The van der Waals surface area contributed by atoms with Gasteiger partial charge in [0.2, 0.25) is 5.91 Å². The van der Waals surface area contributed by atoms with Crippen LogP contribution in [0.2, 0.25) is 0 Å². The predicted molar refractivity (Wildman–Crippen MR) is 68.0 cm³/mol. The van der Waals surface area contributed by atoms with Gasteiger partial charge in [-0.2, -0.15) is 0 Å². The summed E-state index contributed by atoms with van der Waals surface area (Å²) in [4.78, 5) is 14.7. The van der Waals surface area contributed by atoms with Gasteiger partial charge in [-0.05, 0) is 32.2 Å². The van der Waals surface area contributed by atoms with Crippen LogP contribution in [-0.4, -0.2) is 31.3 Å². The standard InChI is InChI=1S/C12H15FN2OS/c1-8-7-17-11-4-3-9(13)5-10(11)15(8)12(16)6-14-2/h3-5,8,14H,6-7H2,1-2H3. The van der Waals surface area contributed by atoms with Crippen molar-refractivity contribution in [3.63, 3.8) is 0 Å². The minimum atomic E-state index is -0.305. The zero-order valence-electron chi connectivity index (χ0n) is 9.87. The Morgan fingerprint density at radius 3 is 3.12 bits per heavy atom. The highest BCUT2D eigenvalue weighted by molar-refractivity contribution is 7.99. The molecule has 1 aromatic carbocycles. The Hall–Kier alpha value is -1.07. The smallest absolute Gasteiger partial charge is 0.241 e. The lowest BCUT2D eigenvalue weighted by Gasteiger charge is -2.34. The Bertz CT molecular complexity index is 439. The van der Waals surface area contributed by atoms with E-state index in [4.69, 9.17) is 0 Å². The first kappa shape index (κ1) is 12.4. The van der Waals surface area contributed by atoms with Crippen LogP contribution in [0.3, 0.4) is 0 Å². The SMILES string of the molecule is CNCC(=O)N1c2cc(F)ccc2SCC1C. The fraction of sp³-hybridized carbons (Fsp3) is 0.417. The number of fused-ring (bicyclic) bond motifs is 1. The lowest BCUT2D eigenvalue weighted by molar-refractivity contribution is -0.118. The molecule has 0 aliphatic carbocycles. The van der Waals surface area contributed by atoms with Gasteiger partial charge >= 0.3 is 0 Å². The van der Waals surface area contributed by atoms with E-state index in [1.165, 1.54) is 12.1 Å². The van der Waals surface area contributed by atoms with E-state index in [-0.39, 0.29) is 24.3 Å². The van der Waals surface area contributed by atoms with Gasteiger partial charge in [0.25, 0.3) is 0 Å². The van der Waals surface area contributed by atoms with E-state index in [0.717, 1.165) is 10.6 Å². The van der Waals surface area contributed by atoms with Gasteiger partial charge in [0, 0.05) is 16.7 Å². The number of amides is 1. The van der Waals surface area contributed by atoms with Gasteiger partial charge in [-0.3, -0.25) is 4.79 Å². The number of thioether (sulfide) groups is 1. The van der Waals surface area contributed by atoms with Crippen LogP contribution in [0.4, 0.5) is 10.1 Å². The van der Waals surface area contributed by atoms with Gasteiger partial charge in [-0.25, -0.2) is 4.39 Å². The Balaban J connectivity index is 2.38. The molecule has 0 spiro atoms. The predicted octanol–water partition coefficient (Wildman–Crippen LogP) is 1.87. The zero-order chi connectivity index (χ0) is 12.4. The molecular formula is C12H15FN2OS. The van der Waals surface area contributed by atoms with E-state index in [1.807, 2.05) is 6.92 Å². The molecule has 1 atom stereocenters. The minimum Gasteiger partial charge on any atom is -0.311 e. The molecule has 17 heavy (non-hydrogen) atoms. The number of benzene rings is 1. The second-order valence-electron chi connectivity index (χ2n) is 4.07. The summed E-state index contributed by atoms with van der Waals surface area (Å²) in [5, 5.41) is 2.84. The normalized spacial score (nSPS) is 19.0. The molecule has 92 valence electrons. The summed E-state index contributed by atoms with van der Waals surface area (Å²) in [5.74, 6) is 0.515. The Morgan fingerprint density at radius 2 is 2.41 bits per heavy atom. The third-order valence-electron chi connectivity index (χ3n) is 2.70. The van der Waals surface area contributed by atoms with Crippen molar-refractivity contribution in [1.29, 1.82) is 0 Å². The summed E-state index contributed by atoms with van der Waals surface area (Å²) in [6, 6.07) is 4.70. The lowest BCUT2D eigenvalue weighted by atomic mass is 10.2. The van der Waals surface area contributed by atoms with Crippen molar-refractivity contribution >= 4 is 23.4 Å². The highest BCUT2D eigenvalue weighted by atomic mass is 32.2. The van der Waals surface area contributed by atoms with E-state index < -0.39 is 0 Å². The molecular weight excluding hydrogens is 239 g/mol. The van der Waals surface area contributed by atoms with Crippen LogP contribution in [-0.2, 0) is 4.79 Å². The molecule has 5 heteroatoms. The van der Waals surface area contributed by atoms with Gasteiger partial charge in [-0.15, -0.1) is 11.8 Å². The number of carbonyl (C=O) groups is 1. The Labute approximate surface area is 104 Å². The average Bonchev–Trinajstić information content (AvgIpc) is 2.28. The molecule has 0 fully saturated rings. The zero-order valence-corrected chi connectivity index (χ0v) is 10.7. The molecule has 0 radical (unpaired) electrons. The summed E-state index contributed by atoms with van der Waals surface area (Å²) in [7, 11) is 1.73. The topological polar surface area (TPSA) is 32.3 Å². The molecule has 1 heterocycles. The van der Waals surface area contributed by atoms with Gasteiger partial charge in [-0.1, -0.05) is 0 Å². The number of carbonyl (C=O) groups excluding carboxylic acids is 1. The molecule has 1 aliphatic heterocycles. The number of rotatable bonds is 2. The highest BCUT2D eigenvalue weighted by Gasteiger charge is 2.28. The average molecular weight is 254 g/mol. The second-order valence-corrected chi connectivity index (χ2v) is 5.13. The molecule has 1 unspecified atom stereocenters. The van der Waals surface area contributed by atoms with Crippen molar-refractivity contribution in [1.82, 2.24) is 5.32 Å². The van der Waals surface area contributed by atoms with Crippen LogP contribution < -0.4 is 10.2 Å². The Kier molecular flexibility index (Phi) is 3.69. The summed E-state index contributed by atoms with van der Waals surface area (Å²) in [5.41, 5.74) is 0.689. The lowest BCUT2D eigenvalue weighted by Crippen LogP contribution is -2.46. The van der Waals surface area contributed by atoms with Gasteiger partial charge in [0.15, 0.2) is 0 Å². The highest BCUT2D eigenvalue weighted by Crippen LogP contribution is 2.37. The van der Waals surface area contributed by atoms with E-state index in [1.54, 1.807) is 29.8 Å². The van der Waals surface area contributed by atoms with Gasteiger partial charge < -0.3 is 10.2 Å². The van der Waals surface area contributed by atoms with Crippen LogP contribution in [0.15, 0.2) is 23.1 Å². The maximum Gasteiger partial charge on any atom is 0.241 e. The fourth-order valence-electron chi connectivity index (χ4n) is 1.94. The summed E-state index contributed by atoms with van der Waals surface area (Å²) >= 11 is 1.66. The maximum atomic E-state index is 13.3. The molecule has 0 aromatic heterocycles. The molecule has 1 N–H and O–H groups in total. The number of halogens is 1. The number of nitrogens with zero attached hydrogens (tertiary/aromatic N) is 1. The quantitative estimate of drug-likeness (QED) is 0.874. The second kappa shape index (κ2) is 5.06. The van der Waals surface area contributed by atoms with Crippen molar-refractivity contribution in [3.8, 4) is 0 Å². The van der Waals surface area contributed by atoms with E-state index in [9.17, 15) is 9.18 Å². The van der Waals surface area contributed by atoms with Crippen molar-refractivity contribution < 1.29 is 9.18 Å². The van der Waals surface area contributed by atoms with E-state index >= 15 is 0 Å². The maximum absolute atomic E-state index is 13.3. The minimum absolute atomic E-state index is 0.0212. The van der Waals surface area contributed by atoms with Gasteiger partial charge in [0.1, 0.15) is 5.82 Å². The van der Waals surface area contributed by atoms with Crippen LogP contribution in [0, 0.1) is 5.82 Å². The number of hydrogen-bond donors (Lipinski definition) is 1. The molecule has 2 rings (SSSR count). The molecule has 0 bridgehead atoms. The fourth-order valence-corrected chi connectivity index (χ4v) is 2.98. The molecule has 0 saturated carbocycles. The number of hydrogen-bond acceptors (Lipinski definition) is 3. The third-order valence-corrected chi connectivity index (χ3v) is 4.00. The number of likely N-dealkylation sites (N-methyl/N-ethyl adjacent to an activating group) is 1. The van der Waals surface area contributed by atoms with Crippen LogP contribution in [0.1, 0.15) is 6.92 Å². The molecule has 1 amide bonds. The first-order valence-corrected chi connectivity index (χ1v) is 6.51. The molecule has 0 saturated heterocycles. The van der Waals surface area contributed by atoms with Crippen molar-refractivity contribution in [2.75, 3.05) is 24.2 Å². The molecule has 1 aromatic rings. The van der Waals surface area contributed by atoms with E-state index in [0.29, 0.717) is 5.69 Å². The monoisotopic (exact) mass is 254 g/mol. The van der Waals surface area contributed by atoms with Crippen molar-refractivity contribution in [2.45, 2.75) is 17.9 Å². The molecule has 3 nitrogen and oxygen atoms in total. The Morgan fingerprint density at radius 1 is 1.65 bits per heavy atom. The van der Waals surface area contributed by atoms with Gasteiger partial charge in [0.05, 0.1) is 12.2 Å². The van der Waals surface area contributed by atoms with Crippen molar-refractivity contribution in [3.05, 3.63) is 24.0 Å². The van der Waals surface area contributed by atoms with E-state index in [2.05, 4.69) is 5.32 Å². The van der Waals surface area contributed by atoms with Crippen LogP contribution in [0.25, 0.3) is 0 Å². The van der Waals surface area contributed by atoms with Crippen LogP contribution in [0.5, 0.6) is 0 Å². The van der Waals surface area contributed by atoms with Crippen LogP contribution >= 0.6 is 11.8 Å². The first-order valence-electron chi connectivity index (χ1n) is 5.52. The molecule has 1 aliphatic rings. The summed E-state index contributed by atoms with van der Waals surface area (Å²) < 4.78 is 13.3. The third kappa shape index (κ3) is 2.45. The number of anilines is 1. The largest absolute Gasteiger partial charge is 0.311 e.